The van der Waals surface area contributed by atoms with Gasteiger partial charge in [-0.05, 0) is 62.6 Å². The largest absolute Gasteiger partial charge is 0.385 e. The van der Waals surface area contributed by atoms with E-state index < -0.39 is 0 Å². The summed E-state index contributed by atoms with van der Waals surface area (Å²) in [4.78, 5) is 24.6. The first-order valence-corrected chi connectivity index (χ1v) is 12.0. The van der Waals surface area contributed by atoms with Crippen molar-refractivity contribution in [3.8, 4) is 11.3 Å². The van der Waals surface area contributed by atoms with Gasteiger partial charge in [0.15, 0.2) is 0 Å². The fraction of sp³-hybridized carbons (Fsp3) is 0.333. The van der Waals surface area contributed by atoms with Crippen molar-refractivity contribution in [3.63, 3.8) is 0 Å². The first-order chi connectivity index (χ1) is 16.8. The summed E-state index contributed by atoms with van der Waals surface area (Å²) >= 11 is 6.32. The van der Waals surface area contributed by atoms with E-state index in [1.165, 1.54) is 0 Å². The number of ether oxygens (including phenoxy) is 1. The van der Waals surface area contributed by atoms with Gasteiger partial charge in [-0.2, -0.15) is 5.10 Å². The van der Waals surface area contributed by atoms with Crippen LogP contribution in [0.3, 0.4) is 0 Å². The molecule has 182 valence electrons. The summed E-state index contributed by atoms with van der Waals surface area (Å²) in [6.07, 6.45) is 0.726. The Balaban J connectivity index is 1.73. The van der Waals surface area contributed by atoms with Gasteiger partial charge in [-0.1, -0.05) is 35.9 Å². The molecule has 0 aliphatic rings. The Morgan fingerprint density at radius 1 is 1.09 bits per heavy atom. The lowest BCUT2D eigenvalue weighted by Gasteiger charge is -2.24. The highest BCUT2D eigenvalue weighted by molar-refractivity contribution is 6.30. The summed E-state index contributed by atoms with van der Waals surface area (Å²) in [7, 11) is 1.67. The van der Waals surface area contributed by atoms with Crippen LogP contribution in [-0.4, -0.2) is 50.8 Å². The second-order valence-electron chi connectivity index (χ2n) is 8.73. The highest BCUT2D eigenvalue weighted by Gasteiger charge is 2.20. The average Bonchev–Trinajstić information content (AvgIpc) is 3.14. The lowest BCUT2D eigenvalue weighted by Crippen LogP contribution is -2.35. The summed E-state index contributed by atoms with van der Waals surface area (Å²) in [6.45, 7) is 7.40. The maximum absolute atomic E-state index is 13.4. The number of aromatic nitrogens is 4. The van der Waals surface area contributed by atoms with Gasteiger partial charge in [0.2, 0.25) is 5.91 Å². The number of carbonyl (C=O) groups is 1. The number of benzene rings is 2. The monoisotopic (exact) mass is 491 g/mol. The number of hydrogen-bond donors (Lipinski definition) is 0. The van der Waals surface area contributed by atoms with E-state index in [1.807, 2.05) is 43.0 Å². The van der Waals surface area contributed by atoms with Gasteiger partial charge in [0.1, 0.15) is 18.2 Å². The molecule has 4 aromatic rings. The SMILES string of the molecule is COCCCN(Cc1cc2ccc(C)cc2nc1-c1cccc(Cl)c1)C(=O)Cn1nc(C)nc1C. The van der Waals surface area contributed by atoms with Crippen LogP contribution in [0.15, 0.2) is 48.5 Å². The summed E-state index contributed by atoms with van der Waals surface area (Å²) in [5, 5.41) is 6.04. The molecule has 0 bridgehead atoms. The summed E-state index contributed by atoms with van der Waals surface area (Å²) < 4.78 is 6.90. The van der Waals surface area contributed by atoms with Gasteiger partial charge in [-0.3, -0.25) is 4.79 Å². The second-order valence-corrected chi connectivity index (χ2v) is 9.16. The van der Waals surface area contributed by atoms with Crippen molar-refractivity contribution in [2.75, 3.05) is 20.3 Å². The molecular formula is C27H30ClN5O2. The average molecular weight is 492 g/mol. The summed E-state index contributed by atoms with van der Waals surface area (Å²) in [5.74, 6) is 1.34. The number of pyridine rings is 1. The van der Waals surface area contributed by atoms with Gasteiger partial charge in [-0.25, -0.2) is 14.6 Å². The predicted octanol–water partition coefficient (Wildman–Crippen LogP) is 5.14. The van der Waals surface area contributed by atoms with Crippen molar-refractivity contribution in [1.29, 1.82) is 0 Å². The van der Waals surface area contributed by atoms with Crippen LogP contribution in [0, 0.1) is 20.8 Å². The molecule has 0 atom stereocenters. The molecule has 7 nitrogen and oxygen atoms in total. The number of rotatable bonds is 9. The minimum atomic E-state index is -0.0323. The van der Waals surface area contributed by atoms with Gasteiger partial charge in [0, 0.05) is 42.8 Å². The topological polar surface area (TPSA) is 73.1 Å². The number of nitrogens with zero attached hydrogens (tertiary/aromatic N) is 5. The number of methoxy groups -OCH3 is 1. The van der Waals surface area contributed by atoms with Crippen molar-refractivity contribution < 1.29 is 9.53 Å². The number of amides is 1. The van der Waals surface area contributed by atoms with Crippen molar-refractivity contribution in [2.24, 2.45) is 0 Å². The maximum Gasteiger partial charge on any atom is 0.244 e. The van der Waals surface area contributed by atoms with Crippen LogP contribution in [0.25, 0.3) is 22.2 Å². The van der Waals surface area contributed by atoms with E-state index in [1.54, 1.807) is 11.8 Å². The highest BCUT2D eigenvalue weighted by atomic mass is 35.5. The second kappa shape index (κ2) is 11.0. The van der Waals surface area contributed by atoms with E-state index >= 15 is 0 Å². The van der Waals surface area contributed by atoms with E-state index in [0.717, 1.165) is 45.5 Å². The molecule has 0 unspecified atom stereocenters. The normalized spacial score (nSPS) is 11.2. The number of halogens is 1. The smallest absolute Gasteiger partial charge is 0.244 e. The molecule has 0 radical (unpaired) electrons. The summed E-state index contributed by atoms with van der Waals surface area (Å²) in [6, 6.07) is 16.0. The van der Waals surface area contributed by atoms with Gasteiger partial charge in [0.25, 0.3) is 0 Å². The van der Waals surface area contributed by atoms with Gasteiger partial charge >= 0.3 is 0 Å². The fourth-order valence-electron chi connectivity index (χ4n) is 4.16. The standard InChI is InChI=1S/C27H30ClN5O2/c1-18-9-10-21-14-23(27(30-25(21)13-18)22-7-5-8-24(28)15-22)16-32(11-6-12-35-4)26(34)17-33-20(3)29-19(2)31-33/h5,7-10,13-15H,6,11-12,16-17H2,1-4H3. The fourth-order valence-corrected chi connectivity index (χ4v) is 4.35. The maximum atomic E-state index is 13.4. The zero-order valence-corrected chi connectivity index (χ0v) is 21.3. The number of fused-ring (bicyclic) bond motifs is 1. The molecule has 2 aromatic carbocycles. The first kappa shape index (κ1) is 24.8. The minimum Gasteiger partial charge on any atom is -0.385 e. The zero-order valence-electron chi connectivity index (χ0n) is 20.6. The minimum absolute atomic E-state index is 0.0323. The molecule has 8 heteroatoms. The lowest BCUT2D eigenvalue weighted by atomic mass is 10.0. The van der Waals surface area contributed by atoms with Crippen LogP contribution in [0.2, 0.25) is 5.02 Å². The predicted molar refractivity (Wildman–Crippen MR) is 138 cm³/mol. The van der Waals surface area contributed by atoms with Crippen LogP contribution in [0.4, 0.5) is 0 Å². The van der Waals surface area contributed by atoms with E-state index in [9.17, 15) is 4.79 Å². The molecule has 0 aliphatic carbocycles. The van der Waals surface area contributed by atoms with E-state index in [0.29, 0.717) is 30.5 Å². The van der Waals surface area contributed by atoms with Crippen LogP contribution in [-0.2, 0) is 22.6 Å². The van der Waals surface area contributed by atoms with Crippen molar-refractivity contribution in [2.45, 2.75) is 40.3 Å². The van der Waals surface area contributed by atoms with Crippen molar-refractivity contribution in [1.82, 2.24) is 24.6 Å². The van der Waals surface area contributed by atoms with Gasteiger partial charge in [0.05, 0.1) is 11.2 Å². The van der Waals surface area contributed by atoms with Crippen molar-refractivity contribution >= 4 is 28.4 Å². The lowest BCUT2D eigenvalue weighted by molar-refractivity contribution is -0.132. The molecule has 4 rings (SSSR count). The Kier molecular flexibility index (Phi) is 7.78. The number of aryl methyl sites for hydroxylation is 3. The van der Waals surface area contributed by atoms with Crippen LogP contribution < -0.4 is 0 Å². The zero-order chi connectivity index (χ0) is 24.9. The Morgan fingerprint density at radius 3 is 2.63 bits per heavy atom. The molecule has 0 fully saturated rings. The summed E-state index contributed by atoms with van der Waals surface area (Å²) in [5.41, 5.74) is 4.76. The van der Waals surface area contributed by atoms with E-state index in [4.69, 9.17) is 21.3 Å². The first-order valence-electron chi connectivity index (χ1n) is 11.6. The molecule has 0 aliphatic heterocycles. The molecule has 0 saturated heterocycles. The number of carbonyl (C=O) groups excluding carboxylic acids is 1. The Labute approximate surface area is 210 Å². The molecular weight excluding hydrogens is 462 g/mol. The third-order valence-electron chi connectivity index (χ3n) is 5.89. The molecule has 1 amide bonds. The quantitative estimate of drug-likeness (QED) is 0.303. The molecule has 2 heterocycles. The van der Waals surface area contributed by atoms with Crippen LogP contribution in [0.1, 0.15) is 29.2 Å². The number of hydrogen-bond acceptors (Lipinski definition) is 5. The highest BCUT2D eigenvalue weighted by Crippen LogP contribution is 2.29. The van der Waals surface area contributed by atoms with E-state index in [2.05, 4.69) is 41.3 Å². The molecule has 0 N–H and O–H groups in total. The van der Waals surface area contributed by atoms with Crippen molar-refractivity contribution in [3.05, 3.63) is 76.3 Å². The van der Waals surface area contributed by atoms with Crippen LogP contribution >= 0.6 is 11.6 Å². The molecule has 0 saturated carbocycles. The Hall–Kier alpha value is -3.29. The van der Waals surface area contributed by atoms with Crippen LogP contribution in [0.5, 0.6) is 0 Å². The van der Waals surface area contributed by atoms with E-state index in [-0.39, 0.29) is 12.5 Å². The third-order valence-corrected chi connectivity index (χ3v) is 6.12. The molecule has 0 spiro atoms. The van der Waals surface area contributed by atoms with Gasteiger partial charge < -0.3 is 9.64 Å². The Bertz CT molecular complexity index is 1350. The Morgan fingerprint density at radius 2 is 1.91 bits per heavy atom. The molecule has 35 heavy (non-hydrogen) atoms. The van der Waals surface area contributed by atoms with Gasteiger partial charge in [-0.15, -0.1) is 0 Å². The third kappa shape index (κ3) is 6.05. The molecule has 2 aromatic heterocycles.